The summed E-state index contributed by atoms with van der Waals surface area (Å²) >= 11 is 0. The Hall–Kier alpha value is -2.34. The predicted octanol–water partition coefficient (Wildman–Crippen LogP) is 4.58. The van der Waals surface area contributed by atoms with Crippen molar-refractivity contribution < 1.29 is 18.0 Å². The van der Waals surface area contributed by atoms with Crippen molar-refractivity contribution >= 4 is 5.91 Å². The molecule has 2 aromatic carbocycles. The van der Waals surface area contributed by atoms with Crippen molar-refractivity contribution in [1.82, 2.24) is 10.2 Å². The second-order valence-corrected chi connectivity index (χ2v) is 6.95. The van der Waals surface area contributed by atoms with Crippen LogP contribution in [0.5, 0.6) is 0 Å². The van der Waals surface area contributed by atoms with Crippen molar-refractivity contribution in [2.75, 3.05) is 19.6 Å². The fraction of sp³-hybridized carbons (Fsp3) is 0.381. The maximum absolute atomic E-state index is 12.7. The van der Waals surface area contributed by atoms with Crippen molar-refractivity contribution in [1.29, 1.82) is 0 Å². The van der Waals surface area contributed by atoms with Crippen LogP contribution in [0.4, 0.5) is 13.2 Å². The highest BCUT2D eigenvalue weighted by molar-refractivity contribution is 5.94. The lowest BCUT2D eigenvalue weighted by molar-refractivity contribution is -0.137. The van der Waals surface area contributed by atoms with E-state index < -0.39 is 11.7 Å². The molecule has 3 nitrogen and oxygen atoms in total. The van der Waals surface area contributed by atoms with E-state index in [-0.39, 0.29) is 17.5 Å². The fourth-order valence-corrected chi connectivity index (χ4v) is 3.40. The smallest absolute Gasteiger partial charge is 0.350 e. The third-order valence-electron chi connectivity index (χ3n) is 4.97. The summed E-state index contributed by atoms with van der Waals surface area (Å²) in [5, 5.41) is 2.89. The van der Waals surface area contributed by atoms with Crippen LogP contribution in [-0.2, 0) is 6.18 Å². The average Bonchev–Trinajstić information content (AvgIpc) is 3.17. The molecule has 1 aliphatic rings. The summed E-state index contributed by atoms with van der Waals surface area (Å²) in [7, 11) is 0. The van der Waals surface area contributed by atoms with Gasteiger partial charge in [0.1, 0.15) is 0 Å². The van der Waals surface area contributed by atoms with Crippen molar-refractivity contribution in [2.24, 2.45) is 0 Å². The van der Waals surface area contributed by atoms with Crippen LogP contribution in [0, 0.1) is 6.92 Å². The molecule has 1 saturated heterocycles. The van der Waals surface area contributed by atoms with Gasteiger partial charge in [-0.05, 0) is 62.7 Å². The Balaban J connectivity index is 1.69. The van der Waals surface area contributed by atoms with E-state index in [1.54, 1.807) is 0 Å². The predicted molar refractivity (Wildman–Crippen MR) is 98.5 cm³/mol. The van der Waals surface area contributed by atoms with Gasteiger partial charge in [0.05, 0.1) is 11.6 Å². The Morgan fingerprint density at radius 2 is 1.63 bits per heavy atom. The van der Waals surface area contributed by atoms with Gasteiger partial charge in [0.2, 0.25) is 0 Å². The van der Waals surface area contributed by atoms with Crippen LogP contribution in [0.3, 0.4) is 0 Å². The van der Waals surface area contributed by atoms with Gasteiger partial charge in [-0.25, -0.2) is 0 Å². The van der Waals surface area contributed by atoms with Crippen LogP contribution in [0.2, 0.25) is 0 Å². The van der Waals surface area contributed by atoms with E-state index in [9.17, 15) is 18.0 Å². The minimum absolute atomic E-state index is 0.0616. The lowest BCUT2D eigenvalue weighted by atomic mass is 10.0. The summed E-state index contributed by atoms with van der Waals surface area (Å²) in [5.74, 6) is -0.361. The highest BCUT2D eigenvalue weighted by atomic mass is 19.4. The molecule has 1 N–H and O–H groups in total. The van der Waals surface area contributed by atoms with E-state index >= 15 is 0 Å². The summed E-state index contributed by atoms with van der Waals surface area (Å²) in [4.78, 5) is 14.7. The number of halogens is 3. The number of carbonyl (C=O) groups is 1. The molecule has 0 bridgehead atoms. The molecular weight excluding hydrogens is 353 g/mol. The van der Waals surface area contributed by atoms with Gasteiger partial charge >= 0.3 is 6.18 Å². The zero-order chi connectivity index (χ0) is 19.4. The number of rotatable bonds is 5. The summed E-state index contributed by atoms with van der Waals surface area (Å²) in [6.07, 6.45) is -2.13. The highest BCUT2D eigenvalue weighted by Crippen LogP contribution is 2.29. The van der Waals surface area contributed by atoms with Crippen LogP contribution >= 0.6 is 0 Å². The molecule has 0 spiro atoms. The molecule has 27 heavy (non-hydrogen) atoms. The zero-order valence-electron chi connectivity index (χ0n) is 15.2. The number of likely N-dealkylation sites (tertiary alicyclic amines) is 1. The number of nitrogens with one attached hydrogen (secondary N) is 1. The first-order valence-corrected chi connectivity index (χ1v) is 9.10. The number of carbonyl (C=O) groups excluding carboxylic acids is 1. The van der Waals surface area contributed by atoms with E-state index in [1.807, 2.05) is 6.92 Å². The standard InChI is InChI=1S/C21H23F3N2O/c1-15-4-6-16(7-5-15)19(26-12-2-3-13-26)14-25-20(27)17-8-10-18(11-9-17)21(22,23)24/h4-11,19H,2-3,12-14H2,1H3,(H,25,27)/t19-/m0/s1. The van der Waals surface area contributed by atoms with E-state index in [1.165, 1.54) is 17.7 Å². The first-order valence-electron chi connectivity index (χ1n) is 9.10. The number of aryl methyl sites for hydroxylation is 1. The average molecular weight is 376 g/mol. The van der Waals surface area contributed by atoms with Crippen LogP contribution in [0.1, 0.15) is 45.9 Å². The molecule has 1 heterocycles. The van der Waals surface area contributed by atoms with Crippen LogP contribution in [0.15, 0.2) is 48.5 Å². The molecule has 0 unspecified atom stereocenters. The van der Waals surface area contributed by atoms with E-state index in [2.05, 4.69) is 34.5 Å². The molecule has 0 aromatic heterocycles. The SMILES string of the molecule is Cc1ccc([C@H](CNC(=O)c2ccc(C(F)(F)F)cc2)N2CCCC2)cc1. The third kappa shape index (κ3) is 4.89. The van der Waals surface area contributed by atoms with Crippen molar-refractivity contribution in [2.45, 2.75) is 32.0 Å². The second-order valence-electron chi connectivity index (χ2n) is 6.95. The number of hydrogen-bond donors (Lipinski definition) is 1. The van der Waals surface area contributed by atoms with Gasteiger partial charge in [0.25, 0.3) is 5.91 Å². The van der Waals surface area contributed by atoms with Gasteiger partial charge in [0, 0.05) is 12.1 Å². The van der Waals surface area contributed by atoms with Gasteiger partial charge in [-0.15, -0.1) is 0 Å². The van der Waals surface area contributed by atoms with Crippen molar-refractivity contribution in [3.8, 4) is 0 Å². The number of alkyl halides is 3. The monoisotopic (exact) mass is 376 g/mol. The first kappa shape index (κ1) is 19.4. The quantitative estimate of drug-likeness (QED) is 0.828. The summed E-state index contributed by atoms with van der Waals surface area (Å²) in [6.45, 7) is 4.41. The Morgan fingerprint density at radius 1 is 1.04 bits per heavy atom. The highest BCUT2D eigenvalue weighted by Gasteiger charge is 2.30. The minimum Gasteiger partial charge on any atom is -0.350 e. The maximum atomic E-state index is 12.7. The van der Waals surface area contributed by atoms with Crippen LogP contribution in [-0.4, -0.2) is 30.4 Å². The van der Waals surface area contributed by atoms with Gasteiger partial charge in [0.15, 0.2) is 0 Å². The minimum atomic E-state index is -4.40. The fourth-order valence-electron chi connectivity index (χ4n) is 3.40. The number of hydrogen-bond acceptors (Lipinski definition) is 2. The molecule has 1 fully saturated rings. The molecule has 2 aromatic rings. The Kier molecular flexibility index (Phi) is 5.85. The lowest BCUT2D eigenvalue weighted by Crippen LogP contribution is -2.36. The van der Waals surface area contributed by atoms with E-state index in [0.717, 1.165) is 43.6 Å². The van der Waals surface area contributed by atoms with Gasteiger partial charge in [-0.1, -0.05) is 29.8 Å². The van der Waals surface area contributed by atoms with Crippen molar-refractivity contribution in [3.63, 3.8) is 0 Å². The summed E-state index contributed by atoms with van der Waals surface area (Å²) < 4.78 is 38.0. The Labute approximate surface area is 157 Å². The second kappa shape index (κ2) is 8.13. The zero-order valence-corrected chi connectivity index (χ0v) is 15.2. The Morgan fingerprint density at radius 3 is 2.19 bits per heavy atom. The lowest BCUT2D eigenvalue weighted by Gasteiger charge is -2.28. The normalized spacial score (nSPS) is 16.3. The van der Waals surface area contributed by atoms with Gasteiger partial charge in [-0.3, -0.25) is 9.69 Å². The Bertz CT molecular complexity index is 764. The topological polar surface area (TPSA) is 32.3 Å². The van der Waals surface area contributed by atoms with E-state index in [4.69, 9.17) is 0 Å². The molecule has 1 aliphatic heterocycles. The molecule has 144 valence electrons. The largest absolute Gasteiger partial charge is 0.416 e. The molecule has 1 atom stereocenters. The van der Waals surface area contributed by atoms with Crippen molar-refractivity contribution in [3.05, 3.63) is 70.8 Å². The van der Waals surface area contributed by atoms with Crippen LogP contribution in [0.25, 0.3) is 0 Å². The summed E-state index contributed by atoms with van der Waals surface area (Å²) in [6, 6.07) is 12.6. The number of amides is 1. The maximum Gasteiger partial charge on any atom is 0.416 e. The van der Waals surface area contributed by atoms with Crippen LogP contribution < -0.4 is 5.32 Å². The molecule has 6 heteroatoms. The van der Waals surface area contributed by atoms with Gasteiger partial charge < -0.3 is 5.32 Å². The molecule has 1 amide bonds. The number of nitrogens with zero attached hydrogens (tertiary/aromatic N) is 1. The third-order valence-corrected chi connectivity index (χ3v) is 4.97. The number of benzene rings is 2. The molecule has 0 aliphatic carbocycles. The van der Waals surface area contributed by atoms with E-state index in [0.29, 0.717) is 6.54 Å². The first-order chi connectivity index (χ1) is 12.8. The molecule has 0 radical (unpaired) electrons. The molecule has 3 rings (SSSR count). The van der Waals surface area contributed by atoms with Gasteiger partial charge in [-0.2, -0.15) is 13.2 Å². The molecular formula is C21H23F3N2O. The summed E-state index contributed by atoms with van der Waals surface area (Å²) in [5.41, 5.74) is 1.78. The molecule has 0 saturated carbocycles.